The van der Waals surface area contributed by atoms with Crippen LogP contribution in [0, 0.1) is 0 Å². The molecule has 0 unspecified atom stereocenters. The Morgan fingerprint density at radius 2 is 1.66 bits per heavy atom. The van der Waals surface area contributed by atoms with Gasteiger partial charge in [-0.1, -0.05) is 48.5 Å². The van der Waals surface area contributed by atoms with Gasteiger partial charge in [-0.2, -0.15) is 5.10 Å². The van der Waals surface area contributed by atoms with Crippen molar-refractivity contribution in [2.24, 2.45) is 7.05 Å². The second-order valence-electron chi connectivity index (χ2n) is 9.24. The number of amides is 2. The Balaban J connectivity index is 1.30. The van der Waals surface area contributed by atoms with E-state index in [1.54, 1.807) is 13.8 Å². The number of carboxylic acid groups (broad SMARTS) is 1. The molecule has 9 heteroatoms. The van der Waals surface area contributed by atoms with E-state index in [0.717, 1.165) is 22.3 Å². The molecule has 0 fully saturated rings. The lowest BCUT2D eigenvalue weighted by molar-refractivity contribution is -0.122. The molecule has 3 aromatic rings. The first-order valence-corrected chi connectivity index (χ1v) is 11.3. The van der Waals surface area contributed by atoms with Crippen LogP contribution in [0.4, 0.5) is 4.79 Å². The number of benzene rings is 2. The Hall–Kier alpha value is -4.14. The molecule has 9 nitrogen and oxygen atoms in total. The largest absolute Gasteiger partial charge is 0.477 e. The van der Waals surface area contributed by atoms with Crippen LogP contribution in [0.3, 0.4) is 0 Å². The van der Waals surface area contributed by atoms with Gasteiger partial charge < -0.3 is 20.5 Å². The van der Waals surface area contributed by atoms with Gasteiger partial charge in [0, 0.05) is 24.9 Å². The summed E-state index contributed by atoms with van der Waals surface area (Å²) < 4.78 is 6.82. The summed E-state index contributed by atoms with van der Waals surface area (Å²) in [6.45, 7) is 3.74. The second-order valence-corrected chi connectivity index (χ2v) is 9.24. The average molecular weight is 477 g/mol. The molecular formula is C26H28N4O5. The summed E-state index contributed by atoms with van der Waals surface area (Å²) in [6.07, 6.45) is -0.587. The quantitative estimate of drug-likeness (QED) is 0.458. The van der Waals surface area contributed by atoms with Crippen LogP contribution in [0.1, 0.15) is 53.5 Å². The maximum absolute atomic E-state index is 12.6. The van der Waals surface area contributed by atoms with Crippen molar-refractivity contribution in [1.82, 2.24) is 20.4 Å². The van der Waals surface area contributed by atoms with Crippen molar-refractivity contribution in [1.29, 1.82) is 0 Å². The third-order valence-electron chi connectivity index (χ3n) is 6.00. The van der Waals surface area contributed by atoms with Gasteiger partial charge in [0.05, 0.1) is 12.2 Å². The van der Waals surface area contributed by atoms with E-state index in [0.29, 0.717) is 5.69 Å². The number of alkyl carbamates (subject to hydrolysis) is 1. The summed E-state index contributed by atoms with van der Waals surface area (Å²) in [6, 6.07) is 17.6. The van der Waals surface area contributed by atoms with E-state index in [1.807, 2.05) is 24.3 Å². The number of aromatic carboxylic acids is 1. The fraction of sp³-hybridized carbons (Fsp3) is 0.308. The van der Waals surface area contributed by atoms with Crippen LogP contribution in [-0.4, -0.2) is 45.0 Å². The van der Waals surface area contributed by atoms with Gasteiger partial charge in [0.1, 0.15) is 12.3 Å². The molecule has 0 radical (unpaired) electrons. The van der Waals surface area contributed by atoms with Crippen molar-refractivity contribution >= 4 is 18.0 Å². The zero-order chi connectivity index (χ0) is 25.2. The Morgan fingerprint density at radius 1 is 1.06 bits per heavy atom. The number of aryl methyl sites for hydroxylation is 1. The Kier molecular flexibility index (Phi) is 6.59. The number of carboxylic acids is 1. The number of fused-ring (bicyclic) bond motifs is 3. The predicted octanol–water partition coefficient (Wildman–Crippen LogP) is 3.44. The summed E-state index contributed by atoms with van der Waals surface area (Å²) in [5, 5.41) is 18.6. The Labute approximate surface area is 203 Å². The molecular weight excluding hydrogens is 448 g/mol. The second kappa shape index (κ2) is 9.61. The fourth-order valence-electron chi connectivity index (χ4n) is 4.42. The highest BCUT2D eigenvalue weighted by molar-refractivity contribution is 5.85. The monoisotopic (exact) mass is 476 g/mol. The minimum Gasteiger partial charge on any atom is -0.477 e. The maximum Gasteiger partial charge on any atom is 0.407 e. The highest BCUT2D eigenvalue weighted by atomic mass is 16.5. The standard InChI is InChI=1S/C26H28N4O5/c1-26(2,13-23(31)27-14-16-12-22(24(32)33)30(3)29-16)28-25(34)35-15-21-19-10-6-4-8-17(19)18-9-5-7-11-20(18)21/h4-12,21H,13-15H2,1-3H3,(H,27,31)(H,28,34)(H,32,33). The number of aromatic nitrogens is 2. The van der Waals surface area contributed by atoms with Crippen LogP contribution >= 0.6 is 0 Å². The smallest absolute Gasteiger partial charge is 0.407 e. The van der Waals surface area contributed by atoms with Crippen LogP contribution < -0.4 is 10.6 Å². The molecule has 1 aliphatic rings. The molecule has 0 saturated heterocycles. The lowest BCUT2D eigenvalue weighted by atomic mass is 9.98. The molecule has 35 heavy (non-hydrogen) atoms. The SMILES string of the molecule is Cn1nc(CNC(=O)CC(C)(C)NC(=O)OCC2c3ccccc3-c3ccccc32)cc1C(=O)O. The van der Waals surface area contributed by atoms with Crippen molar-refractivity contribution in [3.8, 4) is 11.1 Å². The minimum absolute atomic E-state index is 0.00974. The molecule has 1 aromatic heterocycles. The van der Waals surface area contributed by atoms with Crippen molar-refractivity contribution in [2.45, 2.75) is 38.3 Å². The normalized spacial score (nSPS) is 12.5. The number of hydrogen-bond acceptors (Lipinski definition) is 5. The predicted molar refractivity (Wildman–Crippen MR) is 129 cm³/mol. The van der Waals surface area contributed by atoms with Gasteiger partial charge in [0.2, 0.25) is 5.91 Å². The van der Waals surface area contributed by atoms with Gasteiger partial charge in [-0.15, -0.1) is 0 Å². The number of carbonyl (C=O) groups excluding carboxylic acids is 2. The van der Waals surface area contributed by atoms with Gasteiger partial charge in [-0.3, -0.25) is 9.48 Å². The third kappa shape index (κ3) is 5.34. The molecule has 4 rings (SSSR count). The molecule has 1 aliphatic carbocycles. The van der Waals surface area contributed by atoms with E-state index >= 15 is 0 Å². The number of nitrogens with zero attached hydrogens (tertiary/aromatic N) is 2. The topological polar surface area (TPSA) is 123 Å². The number of hydrogen-bond donors (Lipinski definition) is 3. The van der Waals surface area contributed by atoms with Gasteiger partial charge >= 0.3 is 12.1 Å². The van der Waals surface area contributed by atoms with Crippen molar-refractivity contribution in [3.05, 3.63) is 77.1 Å². The Morgan fingerprint density at radius 3 is 2.23 bits per heavy atom. The molecule has 1 heterocycles. The molecule has 0 atom stereocenters. The van der Waals surface area contributed by atoms with E-state index in [9.17, 15) is 14.4 Å². The minimum atomic E-state index is -1.09. The van der Waals surface area contributed by atoms with Crippen LogP contribution in [0.25, 0.3) is 11.1 Å². The molecule has 0 aliphatic heterocycles. The first-order chi connectivity index (χ1) is 16.6. The molecule has 2 aromatic carbocycles. The number of rotatable bonds is 8. The molecule has 2 amide bonds. The molecule has 3 N–H and O–H groups in total. The third-order valence-corrected chi connectivity index (χ3v) is 6.00. The summed E-state index contributed by atoms with van der Waals surface area (Å²) in [5.74, 6) is -1.45. The average Bonchev–Trinajstić information content (AvgIpc) is 3.33. The molecule has 182 valence electrons. The van der Waals surface area contributed by atoms with Crippen LogP contribution in [0.2, 0.25) is 0 Å². The lowest BCUT2D eigenvalue weighted by Gasteiger charge is -2.25. The zero-order valence-corrected chi connectivity index (χ0v) is 19.9. The lowest BCUT2D eigenvalue weighted by Crippen LogP contribution is -2.47. The maximum atomic E-state index is 12.6. The van der Waals surface area contributed by atoms with Gasteiger partial charge in [-0.25, -0.2) is 9.59 Å². The van der Waals surface area contributed by atoms with E-state index in [2.05, 4.69) is 40.0 Å². The molecule has 0 saturated carbocycles. The number of nitrogens with one attached hydrogen (secondary N) is 2. The van der Waals surface area contributed by atoms with Crippen molar-refractivity contribution in [3.63, 3.8) is 0 Å². The Bertz CT molecular complexity index is 1230. The summed E-state index contributed by atoms with van der Waals surface area (Å²) >= 11 is 0. The van der Waals surface area contributed by atoms with E-state index in [1.165, 1.54) is 17.8 Å². The molecule has 0 spiro atoms. The van der Waals surface area contributed by atoms with Crippen LogP contribution in [0.5, 0.6) is 0 Å². The summed E-state index contributed by atoms with van der Waals surface area (Å²) in [5.41, 5.74) is 4.16. The van der Waals surface area contributed by atoms with E-state index < -0.39 is 17.6 Å². The van der Waals surface area contributed by atoms with Crippen LogP contribution in [0.15, 0.2) is 54.6 Å². The summed E-state index contributed by atoms with van der Waals surface area (Å²) in [7, 11) is 1.52. The molecule has 0 bridgehead atoms. The van der Waals surface area contributed by atoms with Gasteiger partial charge in [0.15, 0.2) is 0 Å². The van der Waals surface area contributed by atoms with Gasteiger partial charge in [-0.05, 0) is 42.2 Å². The van der Waals surface area contributed by atoms with E-state index in [4.69, 9.17) is 9.84 Å². The first-order valence-electron chi connectivity index (χ1n) is 11.3. The first kappa shape index (κ1) is 24.0. The highest BCUT2D eigenvalue weighted by Crippen LogP contribution is 2.44. The fourth-order valence-corrected chi connectivity index (χ4v) is 4.42. The highest BCUT2D eigenvalue weighted by Gasteiger charge is 2.30. The van der Waals surface area contributed by atoms with Gasteiger partial charge in [0.25, 0.3) is 0 Å². The number of ether oxygens (including phenoxy) is 1. The van der Waals surface area contributed by atoms with Crippen molar-refractivity contribution in [2.75, 3.05) is 6.61 Å². The van der Waals surface area contributed by atoms with E-state index in [-0.39, 0.29) is 37.1 Å². The number of carbonyl (C=O) groups is 3. The van der Waals surface area contributed by atoms with Crippen LogP contribution in [-0.2, 0) is 23.1 Å². The zero-order valence-electron chi connectivity index (χ0n) is 19.9. The van der Waals surface area contributed by atoms with Crippen molar-refractivity contribution < 1.29 is 24.2 Å². The summed E-state index contributed by atoms with van der Waals surface area (Å²) in [4.78, 5) is 36.1.